The highest BCUT2D eigenvalue weighted by Gasteiger charge is 2.15. The first-order valence-corrected chi connectivity index (χ1v) is 6.32. The minimum Gasteiger partial charge on any atom is -0.480 e. The first-order valence-electron chi connectivity index (χ1n) is 6.32. The van der Waals surface area contributed by atoms with Crippen LogP contribution in [0.15, 0.2) is 24.3 Å². The van der Waals surface area contributed by atoms with E-state index in [4.69, 9.17) is 5.11 Å². The summed E-state index contributed by atoms with van der Waals surface area (Å²) in [6.45, 7) is 3.35. The van der Waals surface area contributed by atoms with Gasteiger partial charge in [0.1, 0.15) is 6.54 Å². The van der Waals surface area contributed by atoms with Crippen molar-refractivity contribution >= 4 is 23.5 Å². The first-order chi connectivity index (χ1) is 9.43. The van der Waals surface area contributed by atoms with Crippen LogP contribution < -0.4 is 5.32 Å². The Morgan fingerprint density at radius 1 is 1.20 bits per heavy atom. The summed E-state index contributed by atoms with van der Waals surface area (Å²) < 4.78 is 0. The zero-order valence-corrected chi connectivity index (χ0v) is 11.5. The molecule has 0 atom stereocenters. The molecule has 0 spiro atoms. The summed E-state index contributed by atoms with van der Waals surface area (Å²) in [6, 6.07) is 5.97. The van der Waals surface area contributed by atoms with E-state index in [1.54, 1.807) is 24.3 Å². The van der Waals surface area contributed by atoms with Crippen molar-refractivity contribution in [2.45, 2.75) is 20.3 Å². The minimum atomic E-state index is -1.06. The SMILES string of the molecule is CCCN(CC(=O)O)C(=O)Nc1ccc(C(C)=O)cc1. The Hall–Kier alpha value is -2.37. The molecule has 1 aromatic rings. The monoisotopic (exact) mass is 278 g/mol. The highest BCUT2D eigenvalue weighted by molar-refractivity contribution is 5.95. The average molecular weight is 278 g/mol. The topological polar surface area (TPSA) is 86.7 Å². The molecule has 20 heavy (non-hydrogen) atoms. The fourth-order valence-corrected chi connectivity index (χ4v) is 1.68. The van der Waals surface area contributed by atoms with Crippen LogP contribution in [0.2, 0.25) is 0 Å². The third-order valence-corrected chi connectivity index (χ3v) is 2.65. The molecular weight excluding hydrogens is 260 g/mol. The lowest BCUT2D eigenvalue weighted by Gasteiger charge is -2.20. The van der Waals surface area contributed by atoms with Crippen LogP contribution in [0.25, 0.3) is 0 Å². The number of aliphatic carboxylic acids is 1. The smallest absolute Gasteiger partial charge is 0.323 e. The molecule has 2 amide bonds. The molecule has 0 heterocycles. The number of nitrogens with one attached hydrogen (secondary N) is 1. The average Bonchev–Trinajstić information content (AvgIpc) is 2.38. The second-order valence-electron chi connectivity index (χ2n) is 4.38. The van der Waals surface area contributed by atoms with Gasteiger partial charge in [0.25, 0.3) is 0 Å². The van der Waals surface area contributed by atoms with E-state index < -0.39 is 12.0 Å². The maximum absolute atomic E-state index is 11.9. The van der Waals surface area contributed by atoms with E-state index in [0.717, 1.165) is 0 Å². The van der Waals surface area contributed by atoms with E-state index in [1.165, 1.54) is 11.8 Å². The van der Waals surface area contributed by atoms with Gasteiger partial charge in [-0.25, -0.2) is 4.79 Å². The summed E-state index contributed by atoms with van der Waals surface area (Å²) in [5.74, 6) is -1.11. The van der Waals surface area contributed by atoms with Crippen molar-refractivity contribution in [3.63, 3.8) is 0 Å². The van der Waals surface area contributed by atoms with Crippen LogP contribution in [-0.2, 0) is 4.79 Å². The van der Waals surface area contributed by atoms with Gasteiger partial charge in [-0.05, 0) is 37.6 Å². The molecular formula is C14H18N2O4. The zero-order valence-electron chi connectivity index (χ0n) is 11.5. The van der Waals surface area contributed by atoms with Gasteiger partial charge in [-0.15, -0.1) is 0 Å². The van der Waals surface area contributed by atoms with Gasteiger partial charge in [0.2, 0.25) is 0 Å². The molecule has 0 radical (unpaired) electrons. The van der Waals surface area contributed by atoms with Crippen LogP contribution in [0.4, 0.5) is 10.5 Å². The van der Waals surface area contributed by atoms with Crippen molar-refractivity contribution in [3.8, 4) is 0 Å². The van der Waals surface area contributed by atoms with Gasteiger partial charge in [0, 0.05) is 17.8 Å². The number of carbonyl (C=O) groups excluding carboxylic acids is 2. The molecule has 0 fully saturated rings. The van der Waals surface area contributed by atoms with E-state index in [-0.39, 0.29) is 12.3 Å². The van der Waals surface area contributed by atoms with Crippen LogP contribution in [0.3, 0.4) is 0 Å². The van der Waals surface area contributed by atoms with Gasteiger partial charge < -0.3 is 15.3 Å². The van der Waals surface area contributed by atoms with E-state index >= 15 is 0 Å². The van der Waals surface area contributed by atoms with Crippen LogP contribution >= 0.6 is 0 Å². The molecule has 2 N–H and O–H groups in total. The molecule has 0 unspecified atom stereocenters. The highest BCUT2D eigenvalue weighted by atomic mass is 16.4. The zero-order chi connectivity index (χ0) is 15.1. The normalized spacial score (nSPS) is 9.90. The quantitative estimate of drug-likeness (QED) is 0.781. The number of urea groups is 1. The fraction of sp³-hybridized carbons (Fsp3) is 0.357. The lowest BCUT2D eigenvalue weighted by atomic mass is 10.1. The van der Waals surface area contributed by atoms with Gasteiger partial charge in [-0.2, -0.15) is 0 Å². The Morgan fingerprint density at radius 2 is 1.80 bits per heavy atom. The molecule has 0 aliphatic heterocycles. The van der Waals surface area contributed by atoms with Crippen LogP contribution in [0.5, 0.6) is 0 Å². The number of Topliss-reactive ketones (excluding diaryl/α,β-unsaturated/α-hetero) is 1. The lowest BCUT2D eigenvalue weighted by Crippen LogP contribution is -2.39. The van der Waals surface area contributed by atoms with Crippen molar-refractivity contribution in [2.75, 3.05) is 18.4 Å². The Balaban J connectivity index is 2.71. The van der Waals surface area contributed by atoms with Crippen molar-refractivity contribution in [1.82, 2.24) is 4.90 Å². The molecule has 0 saturated heterocycles. The number of amides is 2. The first kappa shape index (κ1) is 15.7. The van der Waals surface area contributed by atoms with Gasteiger partial charge in [-0.1, -0.05) is 6.92 Å². The number of anilines is 1. The number of carboxylic acids is 1. The minimum absolute atomic E-state index is 0.0543. The summed E-state index contributed by atoms with van der Waals surface area (Å²) in [7, 11) is 0. The third kappa shape index (κ3) is 4.72. The maximum atomic E-state index is 11.9. The van der Waals surface area contributed by atoms with Crippen LogP contribution in [0, 0.1) is 0 Å². The third-order valence-electron chi connectivity index (χ3n) is 2.65. The number of hydrogen-bond donors (Lipinski definition) is 2. The number of benzene rings is 1. The van der Waals surface area contributed by atoms with Crippen LogP contribution in [0.1, 0.15) is 30.6 Å². The van der Waals surface area contributed by atoms with Gasteiger partial charge >= 0.3 is 12.0 Å². The Kier molecular flexibility index (Phi) is 5.71. The van der Waals surface area contributed by atoms with Gasteiger partial charge in [0.05, 0.1) is 0 Å². The molecule has 1 rings (SSSR count). The number of nitrogens with zero attached hydrogens (tertiary/aromatic N) is 1. The Labute approximate surface area is 117 Å². The molecule has 108 valence electrons. The number of ketones is 1. The number of carboxylic acid groups (broad SMARTS) is 1. The largest absolute Gasteiger partial charge is 0.480 e. The molecule has 6 nitrogen and oxygen atoms in total. The van der Waals surface area contributed by atoms with E-state index in [2.05, 4.69) is 5.32 Å². The predicted molar refractivity (Wildman–Crippen MR) is 75.0 cm³/mol. The molecule has 0 bridgehead atoms. The summed E-state index contributed by atoms with van der Waals surface area (Å²) in [5.41, 5.74) is 1.07. The Morgan fingerprint density at radius 3 is 2.25 bits per heavy atom. The second-order valence-corrected chi connectivity index (χ2v) is 4.38. The lowest BCUT2D eigenvalue weighted by molar-refractivity contribution is -0.137. The van der Waals surface area contributed by atoms with Crippen molar-refractivity contribution < 1.29 is 19.5 Å². The van der Waals surface area contributed by atoms with Crippen molar-refractivity contribution in [2.24, 2.45) is 0 Å². The fourth-order valence-electron chi connectivity index (χ4n) is 1.68. The Bertz CT molecular complexity index is 496. The number of carbonyl (C=O) groups is 3. The molecule has 6 heteroatoms. The van der Waals surface area contributed by atoms with Gasteiger partial charge in [0.15, 0.2) is 5.78 Å². The van der Waals surface area contributed by atoms with E-state index in [9.17, 15) is 14.4 Å². The molecule has 0 aliphatic rings. The molecule has 1 aromatic carbocycles. The van der Waals surface area contributed by atoms with E-state index in [1.807, 2.05) is 6.92 Å². The summed E-state index contributed by atoms with van der Waals surface area (Å²) in [6.07, 6.45) is 0.671. The van der Waals surface area contributed by atoms with Crippen LogP contribution in [-0.4, -0.2) is 40.9 Å². The van der Waals surface area contributed by atoms with Crippen molar-refractivity contribution in [1.29, 1.82) is 0 Å². The molecule has 0 aromatic heterocycles. The summed E-state index contributed by atoms with van der Waals surface area (Å²) in [5, 5.41) is 11.4. The number of hydrogen-bond acceptors (Lipinski definition) is 3. The second kappa shape index (κ2) is 7.28. The molecule has 0 aliphatic carbocycles. The van der Waals surface area contributed by atoms with E-state index in [0.29, 0.717) is 24.2 Å². The predicted octanol–water partition coefficient (Wildman–Crippen LogP) is 2.22. The standard InChI is InChI=1S/C14H18N2O4/c1-3-8-16(9-13(18)19)14(20)15-12-6-4-11(5-7-12)10(2)17/h4-7H,3,8-9H2,1-2H3,(H,15,20)(H,18,19). The maximum Gasteiger partial charge on any atom is 0.323 e. The highest BCUT2D eigenvalue weighted by Crippen LogP contribution is 2.11. The summed E-state index contributed by atoms with van der Waals surface area (Å²) >= 11 is 0. The summed E-state index contributed by atoms with van der Waals surface area (Å²) in [4.78, 5) is 35.0. The molecule has 0 saturated carbocycles. The number of rotatable bonds is 6. The van der Waals surface area contributed by atoms with Crippen molar-refractivity contribution in [3.05, 3.63) is 29.8 Å². The van der Waals surface area contributed by atoms with Gasteiger partial charge in [-0.3, -0.25) is 9.59 Å².